The lowest BCUT2D eigenvalue weighted by molar-refractivity contribution is -0.384. The number of sulfonamides is 1. The number of hydrogen-bond acceptors (Lipinski definition) is 4. The Morgan fingerprint density at radius 1 is 1.09 bits per heavy atom. The van der Waals surface area contributed by atoms with Crippen LogP contribution in [0.5, 0.6) is 0 Å². The summed E-state index contributed by atoms with van der Waals surface area (Å²) in [6.45, 7) is 1.78. The number of benzene rings is 2. The molecule has 0 spiro atoms. The van der Waals surface area contributed by atoms with Crippen LogP contribution in [0.1, 0.15) is 5.56 Å². The van der Waals surface area contributed by atoms with Crippen LogP contribution in [0, 0.1) is 17.0 Å². The van der Waals surface area contributed by atoms with E-state index in [4.69, 9.17) is 23.2 Å². The molecule has 0 saturated heterocycles. The first-order chi connectivity index (χ1) is 10.2. The minimum atomic E-state index is -3.99. The van der Waals surface area contributed by atoms with Crippen LogP contribution in [-0.2, 0) is 10.0 Å². The number of nitrogens with zero attached hydrogens (tertiary/aromatic N) is 1. The van der Waals surface area contributed by atoms with Crippen LogP contribution in [0.4, 0.5) is 11.4 Å². The zero-order chi connectivity index (χ0) is 16.5. The van der Waals surface area contributed by atoms with E-state index < -0.39 is 20.6 Å². The van der Waals surface area contributed by atoms with Gasteiger partial charge in [0.15, 0.2) is 0 Å². The Bertz CT molecular complexity index is 853. The summed E-state index contributed by atoms with van der Waals surface area (Å²) in [7, 11) is -3.99. The molecule has 0 aliphatic heterocycles. The Labute approximate surface area is 136 Å². The summed E-state index contributed by atoms with van der Waals surface area (Å²) in [6, 6.07) is 7.91. The van der Waals surface area contributed by atoms with Gasteiger partial charge in [-0.3, -0.25) is 14.8 Å². The fraction of sp³-hybridized carbons (Fsp3) is 0.0769. The highest BCUT2D eigenvalue weighted by Crippen LogP contribution is 2.28. The molecule has 0 bridgehead atoms. The second kappa shape index (κ2) is 6.12. The third-order valence-electron chi connectivity index (χ3n) is 2.85. The number of nitrogens with one attached hydrogen (secondary N) is 1. The van der Waals surface area contributed by atoms with Crippen LogP contribution in [0.2, 0.25) is 10.0 Å². The van der Waals surface area contributed by atoms with E-state index >= 15 is 0 Å². The van der Waals surface area contributed by atoms with Gasteiger partial charge >= 0.3 is 0 Å². The van der Waals surface area contributed by atoms with Gasteiger partial charge in [0.25, 0.3) is 15.7 Å². The van der Waals surface area contributed by atoms with Crippen LogP contribution in [0.25, 0.3) is 0 Å². The third kappa shape index (κ3) is 3.49. The SMILES string of the molecule is Cc1ccc(NS(=O)(=O)c2ccc(Cl)c([N+](=O)[O-])c2)cc1Cl. The molecule has 2 aromatic rings. The van der Waals surface area contributed by atoms with Crippen molar-refractivity contribution in [2.24, 2.45) is 0 Å². The largest absolute Gasteiger partial charge is 0.289 e. The molecule has 0 heterocycles. The molecule has 0 radical (unpaired) electrons. The van der Waals surface area contributed by atoms with Crippen molar-refractivity contribution in [3.8, 4) is 0 Å². The first-order valence-electron chi connectivity index (χ1n) is 5.93. The predicted octanol–water partition coefficient (Wildman–Crippen LogP) is 4.01. The van der Waals surface area contributed by atoms with Crippen molar-refractivity contribution >= 4 is 44.6 Å². The molecule has 2 rings (SSSR count). The van der Waals surface area contributed by atoms with Gasteiger partial charge < -0.3 is 0 Å². The van der Waals surface area contributed by atoms with Crippen LogP contribution < -0.4 is 4.72 Å². The molecule has 2 aromatic carbocycles. The van der Waals surface area contributed by atoms with Crippen molar-refractivity contribution in [2.75, 3.05) is 4.72 Å². The summed E-state index contributed by atoms with van der Waals surface area (Å²) in [6.07, 6.45) is 0. The molecule has 0 atom stereocenters. The van der Waals surface area contributed by atoms with Crippen molar-refractivity contribution in [3.63, 3.8) is 0 Å². The van der Waals surface area contributed by atoms with Crippen molar-refractivity contribution < 1.29 is 13.3 Å². The average molecular weight is 361 g/mol. The van der Waals surface area contributed by atoms with Gasteiger partial charge in [0.1, 0.15) is 5.02 Å². The molecule has 0 aliphatic carbocycles. The first kappa shape index (κ1) is 16.5. The van der Waals surface area contributed by atoms with Gasteiger partial charge in [-0.05, 0) is 36.8 Å². The molecule has 0 amide bonds. The van der Waals surface area contributed by atoms with Crippen LogP contribution in [-0.4, -0.2) is 13.3 Å². The zero-order valence-corrected chi connectivity index (χ0v) is 13.5. The van der Waals surface area contributed by atoms with Gasteiger partial charge in [0, 0.05) is 11.1 Å². The minimum absolute atomic E-state index is 0.137. The van der Waals surface area contributed by atoms with Crippen molar-refractivity contribution in [3.05, 3.63) is 62.1 Å². The number of rotatable bonds is 4. The van der Waals surface area contributed by atoms with E-state index in [0.29, 0.717) is 5.02 Å². The lowest BCUT2D eigenvalue weighted by Gasteiger charge is -2.09. The van der Waals surface area contributed by atoms with E-state index in [1.165, 1.54) is 12.1 Å². The van der Waals surface area contributed by atoms with Gasteiger partial charge in [-0.15, -0.1) is 0 Å². The molecule has 0 saturated carbocycles. The summed E-state index contributed by atoms with van der Waals surface area (Å²) >= 11 is 11.6. The lowest BCUT2D eigenvalue weighted by atomic mass is 10.2. The Morgan fingerprint density at radius 3 is 2.36 bits per heavy atom. The lowest BCUT2D eigenvalue weighted by Crippen LogP contribution is -2.13. The number of aryl methyl sites for hydroxylation is 1. The Kier molecular flexibility index (Phi) is 4.60. The highest BCUT2D eigenvalue weighted by atomic mass is 35.5. The molecule has 22 heavy (non-hydrogen) atoms. The van der Waals surface area contributed by atoms with Gasteiger partial charge in [-0.1, -0.05) is 29.3 Å². The summed E-state index contributed by atoms with van der Waals surface area (Å²) in [5.41, 5.74) is 0.575. The van der Waals surface area contributed by atoms with Crippen molar-refractivity contribution in [1.29, 1.82) is 0 Å². The second-order valence-corrected chi connectivity index (χ2v) is 6.94. The van der Waals surface area contributed by atoms with Crippen LogP contribution in [0.3, 0.4) is 0 Å². The van der Waals surface area contributed by atoms with E-state index in [1.54, 1.807) is 19.1 Å². The van der Waals surface area contributed by atoms with E-state index in [-0.39, 0.29) is 15.6 Å². The fourth-order valence-corrected chi connectivity index (χ4v) is 3.11. The molecule has 6 nitrogen and oxygen atoms in total. The third-order valence-corrected chi connectivity index (χ3v) is 4.95. The second-order valence-electron chi connectivity index (χ2n) is 4.44. The van der Waals surface area contributed by atoms with Gasteiger partial charge in [-0.2, -0.15) is 0 Å². The van der Waals surface area contributed by atoms with E-state index in [9.17, 15) is 18.5 Å². The zero-order valence-electron chi connectivity index (χ0n) is 11.2. The molecular weight excluding hydrogens is 351 g/mol. The van der Waals surface area contributed by atoms with Crippen LogP contribution in [0.15, 0.2) is 41.3 Å². The van der Waals surface area contributed by atoms with Crippen molar-refractivity contribution in [2.45, 2.75) is 11.8 Å². The standard InChI is InChI=1S/C13H10Cl2N2O4S/c1-8-2-3-9(6-12(8)15)16-22(20,21)10-4-5-11(14)13(7-10)17(18)19/h2-7,16H,1H3. The van der Waals surface area contributed by atoms with E-state index in [0.717, 1.165) is 17.7 Å². The molecule has 116 valence electrons. The van der Waals surface area contributed by atoms with E-state index in [2.05, 4.69) is 4.72 Å². The normalized spacial score (nSPS) is 11.2. The Hall–Kier alpha value is -1.83. The summed E-state index contributed by atoms with van der Waals surface area (Å²) in [5, 5.41) is 11.1. The Morgan fingerprint density at radius 2 is 1.77 bits per heavy atom. The number of nitro benzene ring substituents is 1. The molecule has 0 fully saturated rings. The van der Waals surface area contributed by atoms with Gasteiger partial charge in [-0.25, -0.2) is 8.42 Å². The average Bonchev–Trinajstić information content (AvgIpc) is 2.42. The topological polar surface area (TPSA) is 89.3 Å². The molecular formula is C13H10Cl2N2O4S. The first-order valence-corrected chi connectivity index (χ1v) is 8.17. The fourth-order valence-electron chi connectivity index (χ4n) is 1.67. The smallest absolute Gasteiger partial charge is 0.280 e. The van der Waals surface area contributed by atoms with Gasteiger partial charge in [0.05, 0.1) is 15.5 Å². The maximum absolute atomic E-state index is 12.3. The predicted molar refractivity (Wildman–Crippen MR) is 85.1 cm³/mol. The highest BCUT2D eigenvalue weighted by Gasteiger charge is 2.20. The van der Waals surface area contributed by atoms with Gasteiger partial charge in [0.2, 0.25) is 0 Å². The molecule has 9 heteroatoms. The number of hydrogen-bond donors (Lipinski definition) is 1. The molecule has 0 aliphatic rings. The number of halogens is 2. The molecule has 0 unspecified atom stereocenters. The van der Waals surface area contributed by atoms with Crippen molar-refractivity contribution in [1.82, 2.24) is 0 Å². The minimum Gasteiger partial charge on any atom is -0.280 e. The quantitative estimate of drug-likeness (QED) is 0.658. The molecule has 1 N–H and O–H groups in total. The summed E-state index contributed by atoms with van der Waals surface area (Å²) < 4.78 is 26.8. The number of anilines is 1. The summed E-state index contributed by atoms with van der Waals surface area (Å²) in [4.78, 5) is 9.82. The maximum Gasteiger partial charge on any atom is 0.289 e. The monoisotopic (exact) mass is 360 g/mol. The van der Waals surface area contributed by atoms with E-state index in [1.807, 2.05) is 0 Å². The maximum atomic E-state index is 12.3. The number of nitro groups is 1. The van der Waals surface area contributed by atoms with Crippen LogP contribution >= 0.6 is 23.2 Å². The molecule has 0 aromatic heterocycles. The summed E-state index contributed by atoms with van der Waals surface area (Å²) in [5.74, 6) is 0. The highest BCUT2D eigenvalue weighted by molar-refractivity contribution is 7.92. The Balaban J connectivity index is 2.40.